The number of para-hydroxylation sites is 1. The molecule has 1 aromatic heterocycles. The third kappa shape index (κ3) is 4.03. The fraction of sp³-hybridized carbons (Fsp3) is 0.200. The Balaban J connectivity index is 1.92. The number of methoxy groups -OCH3 is 2. The van der Waals surface area contributed by atoms with Crippen LogP contribution < -0.4 is 25.8 Å². The molecular formula is C20H23N5O2. The van der Waals surface area contributed by atoms with Crippen molar-refractivity contribution in [3.8, 4) is 11.5 Å². The lowest BCUT2D eigenvalue weighted by atomic mass is 10.1. The van der Waals surface area contributed by atoms with Gasteiger partial charge >= 0.3 is 0 Å². The number of nitrogens with two attached hydrogens (primary N) is 1. The molecular weight excluding hydrogens is 342 g/mol. The zero-order valence-corrected chi connectivity index (χ0v) is 15.6. The molecule has 0 amide bonds. The normalized spacial score (nSPS) is 10.3. The van der Waals surface area contributed by atoms with E-state index in [-0.39, 0.29) is 0 Å². The molecule has 3 rings (SSSR count). The Labute approximate surface area is 158 Å². The van der Waals surface area contributed by atoms with Gasteiger partial charge in [-0.2, -0.15) is 0 Å². The minimum absolute atomic E-state index is 0.410. The van der Waals surface area contributed by atoms with Crippen LogP contribution >= 0.6 is 0 Å². The number of aromatic nitrogens is 2. The number of nitrogens with zero attached hydrogens (tertiary/aromatic N) is 2. The SMILES string of the molecule is CCc1ccccc1Nc1ncnc(Nc2cc(OC)ccc2OC)c1N. The van der Waals surface area contributed by atoms with Gasteiger partial charge in [-0.1, -0.05) is 25.1 Å². The summed E-state index contributed by atoms with van der Waals surface area (Å²) in [4.78, 5) is 8.55. The molecule has 0 radical (unpaired) electrons. The predicted octanol–water partition coefficient (Wildman–Crippen LogP) is 4.13. The summed E-state index contributed by atoms with van der Waals surface area (Å²) in [5, 5.41) is 6.50. The van der Waals surface area contributed by atoms with Gasteiger partial charge in [-0.15, -0.1) is 0 Å². The average molecular weight is 365 g/mol. The van der Waals surface area contributed by atoms with Crippen LogP contribution in [0.4, 0.5) is 28.7 Å². The van der Waals surface area contributed by atoms with E-state index in [0.717, 1.165) is 12.1 Å². The molecule has 0 aliphatic heterocycles. The minimum Gasteiger partial charge on any atom is -0.497 e. The first-order chi connectivity index (χ1) is 13.2. The largest absolute Gasteiger partial charge is 0.497 e. The number of nitrogen functional groups attached to an aromatic ring is 1. The van der Waals surface area contributed by atoms with E-state index >= 15 is 0 Å². The van der Waals surface area contributed by atoms with Crippen molar-refractivity contribution in [1.82, 2.24) is 9.97 Å². The van der Waals surface area contributed by atoms with Gasteiger partial charge in [0.15, 0.2) is 11.6 Å². The molecule has 27 heavy (non-hydrogen) atoms. The Morgan fingerprint density at radius 2 is 1.63 bits per heavy atom. The Morgan fingerprint density at radius 3 is 2.30 bits per heavy atom. The summed E-state index contributed by atoms with van der Waals surface area (Å²) >= 11 is 0. The van der Waals surface area contributed by atoms with Crippen LogP contribution in [-0.4, -0.2) is 24.2 Å². The van der Waals surface area contributed by atoms with Gasteiger partial charge in [0.05, 0.1) is 19.9 Å². The quantitative estimate of drug-likeness (QED) is 0.579. The summed E-state index contributed by atoms with van der Waals surface area (Å²) in [5.41, 5.74) is 9.57. The molecule has 0 saturated heterocycles. The van der Waals surface area contributed by atoms with E-state index in [4.69, 9.17) is 15.2 Å². The number of ether oxygens (including phenoxy) is 2. The number of rotatable bonds is 7. The standard InChI is InChI=1S/C20H23N5O2/c1-4-13-7-5-6-8-15(13)24-19-18(21)20(23-12-22-19)25-16-11-14(26-2)9-10-17(16)27-3/h5-12H,4,21H2,1-3H3,(H2,22,23,24,25). The molecule has 3 aromatic rings. The Hall–Kier alpha value is -3.48. The summed E-state index contributed by atoms with van der Waals surface area (Å²) in [6.45, 7) is 2.10. The van der Waals surface area contributed by atoms with Gasteiger partial charge in [-0.05, 0) is 30.2 Å². The first-order valence-corrected chi connectivity index (χ1v) is 8.60. The Bertz CT molecular complexity index is 930. The van der Waals surface area contributed by atoms with E-state index in [1.807, 2.05) is 36.4 Å². The number of benzene rings is 2. The van der Waals surface area contributed by atoms with E-state index in [9.17, 15) is 0 Å². The number of hydrogen-bond acceptors (Lipinski definition) is 7. The number of aryl methyl sites for hydroxylation is 1. The van der Waals surface area contributed by atoms with Crippen LogP contribution in [-0.2, 0) is 6.42 Å². The fourth-order valence-electron chi connectivity index (χ4n) is 2.71. The van der Waals surface area contributed by atoms with Crippen molar-refractivity contribution in [1.29, 1.82) is 0 Å². The van der Waals surface area contributed by atoms with E-state index in [1.54, 1.807) is 14.2 Å². The van der Waals surface area contributed by atoms with Crippen LogP contribution in [0.2, 0.25) is 0 Å². The van der Waals surface area contributed by atoms with Crippen LogP contribution in [0.25, 0.3) is 0 Å². The van der Waals surface area contributed by atoms with Crippen LogP contribution in [0, 0.1) is 0 Å². The molecule has 4 N–H and O–H groups in total. The highest BCUT2D eigenvalue weighted by molar-refractivity contribution is 5.82. The summed E-state index contributed by atoms with van der Waals surface area (Å²) in [6.07, 6.45) is 2.36. The predicted molar refractivity (Wildman–Crippen MR) is 108 cm³/mol. The lowest BCUT2D eigenvalue weighted by molar-refractivity contribution is 0.405. The van der Waals surface area contributed by atoms with Gasteiger partial charge in [0.25, 0.3) is 0 Å². The lowest BCUT2D eigenvalue weighted by Gasteiger charge is -2.16. The number of nitrogens with one attached hydrogen (secondary N) is 2. The average Bonchev–Trinajstić information content (AvgIpc) is 2.71. The van der Waals surface area contributed by atoms with Crippen molar-refractivity contribution < 1.29 is 9.47 Å². The summed E-state index contributed by atoms with van der Waals surface area (Å²) in [6, 6.07) is 13.5. The number of anilines is 5. The van der Waals surface area contributed by atoms with Crippen molar-refractivity contribution in [3.63, 3.8) is 0 Å². The first-order valence-electron chi connectivity index (χ1n) is 8.60. The zero-order valence-electron chi connectivity index (χ0n) is 15.6. The van der Waals surface area contributed by atoms with Gasteiger partial charge in [0.2, 0.25) is 0 Å². The molecule has 0 bridgehead atoms. The Morgan fingerprint density at radius 1 is 0.926 bits per heavy atom. The maximum atomic E-state index is 6.31. The highest BCUT2D eigenvalue weighted by Crippen LogP contribution is 2.34. The third-order valence-corrected chi connectivity index (χ3v) is 4.19. The molecule has 1 heterocycles. The van der Waals surface area contributed by atoms with Gasteiger partial charge in [-0.3, -0.25) is 0 Å². The Kier molecular flexibility index (Phi) is 5.61. The molecule has 0 fully saturated rings. The molecule has 0 unspecified atom stereocenters. The molecule has 0 atom stereocenters. The van der Waals surface area contributed by atoms with E-state index in [2.05, 4.69) is 33.6 Å². The second kappa shape index (κ2) is 8.27. The molecule has 0 saturated carbocycles. The van der Waals surface area contributed by atoms with Gasteiger partial charge in [0, 0.05) is 11.8 Å². The smallest absolute Gasteiger partial charge is 0.159 e. The third-order valence-electron chi connectivity index (χ3n) is 4.19. The minimum atomic E-state index is 0.410. The molecule has 140 valence electrons. The second-order valence-electron chi connectivity index (χ2n) is 5.81. The van der Waals surface area contributed by atoms with Crippen molar-refractivity contribution in [2.24, 2.45) is 0 Å². The van der Waals surface area contributed by atoms with Gasteiger partial charge in [-0.25, -0.2) is 9.97 Å². The molecule has 0 aliphatic rings. The van der Waals surface area contributed by atoms with Crippen LogP contribution in [0.1, 0.15) is 12.5 Å². The zero-order chi connectivity index (χ0) is 19.2. The topological polar surface area (TPSA) is 94.3 Å². The highest BCUT2D eigenvalue weighted by Gasteiger charge is 2.13. The monoisotopic (exact) mass is 365 g/mol. The maximum Gasteiger partial charge on any atom is 0.159 e. The molecule has 7 heteroatoms. The van der Waals surface area contributed by atoms with Crippen LogP contribution in [0.15, 0.2) is 48.8 Å². The van der Waals surface area contributed by atoms with Crippen molar-refractivity contribution in [2.75, 3.05) is 30.6 Å². The summed E-state index contributed by atoms with van der Waals surface area (Å²) in [5.74, 6) is 2.36. The van der Waals surface area contributed by atoms with Gasteiger partial charge < -0.3 is 25.8 Å². The maximum absolute atomic E-state index is 6.31. The molecule has 2 aromatic carbocycles. The van der Waals surface area contributed by atoms with Crippen LogP contribution in [0.5, 0.6) is 11.5 Å². The van der Waals surface area contributed by atoms with E-state index < -0.39 is 0 Å². The van der Waals surface area contributed by atoms with Gasteiger partial charge in [0.1, 0.15) is 23.5 Å². The van der Waals surface area contributed by atoms with Crippen molar-refractivity contribution in [2.45, 2.75) is 13.3 Å². The molecule has 0 aliphatic carbocycles. The second-order valence-corrected chi connectivity index (χ2v) is 5.81. The van der Waals surface area contributed by atoms with Crippen molar-refractivity contribution in [3.05, 3.63) is 54.4 Å². The van der Waals surface area contributed by atoms with Crippen molar-refractivity contribution >= 4 is 28.7 Å². The van der Waals surface area contributed by atoms with E-state index in [0.29, 0.717) is 34.5 Å². The summed E-state index contributed by atoms with van der Waals surface area (Å²) in [7, 11) is 3.21. The highest BCUT2D eigenvalue weighted by atomic mass is 16.5. The van der Waals surface area contributed by atoms with E-state index in [1.165, 1.54) is 11.9 Å². The molecule has 7 nitrogen and oxygen atoms in total. The fourth-order valence-corrected chi connectivity index (χ4v) is 2.71. The molecule has 0 spiro atoms. The summed E-state index contributed by atoms with van der Waals surface area (Å²) < 4.78 is 10.7. The lowest BCUT2D eigenvalue weighted by Crippen LogP contribution is -2.06. The van der Waals surface area contributed by atoms with Crippen LogP contribution in [0.3, 0.4) is 0 Å². The first kappa shape index (κ1) is 18.3. The number of hydrogen-bond donors (Lipinski definition) is 3.